The van der Waals surface area contributed by atoms with Crippen molar-refractivity contribution in [2.45, 2.75) is 11.5 Å². The summed E-state index contributed by atoms with van der Waals surface area (Å²) in [6, 6.07) is 81.4. The predicted molar refractivity (Wildman–Crippen MR) is 245 cm³/mol. The molecule has 0 aromatic heterocycles. The molecule has 1 N–H and O–H groups in total. The zero-order valence-electron chi connectivity index (χ0n) is 32.5. The monoisotopic (exact) mass is 752 g/mol. The van der Waals surface area contributed by atoms with E-state index in [-0.39, 0.29) is 6.04 Å². The van der Waals surface area contributed by atoms with Gasteiger partial charge in [0.05, 0.1) is 17.2 Å². The zero-order valence-corrected chi connectivity index (χ0v) is 32.5. The molecule has 0 amide bonds. The quantitative estimate of drug-likeness (QED) is 0.172. The Kier molecular flexibility index (Phi) is 8.48. The van der Waals surface area contributed by atoms with Crippen molar-refractivity contribution in [2.24, 2.45) is 4.99 Å². The van der Waals surface area contributed by atoms with E-state index in [0.717, 1.165) is 22.7 Å². The third-order valence-electron chi connectivity index (χ3n) is 12.2. The summed E-state index contributed by atoms with van der Waals surface area (Å²) >= 11 is 0. The summed E-state index contributed by atoms with van der Waals surface area (Å²) in [6.07, 6.45) is 2.30. The van der Waals surface area contributed by atoms with Gasteiger partial charge in [0.2, 0.25) is 0 Å². The van der Waals surface area contributed by atoms with Crippen LogP contribution in [0.4, 0.5) is 0 Å². The molecule has 1 unspecified atom stereocenters. The standard InChI is InChI=1S/C57H40N2/c1-6-18-39(19-7-1)40-30-32-42(33-31-40)52-38-53(59-56(58-52)43-22-10-3-11-23-43)45-34-35-49-51(37-45)57(46-25-12-4-13-26-46,47-27-14-5-15-28-47)55-48-29-17-16-24-44(48)36-50(54(49)55)41-20-8-2-9-21-41/h1-38,53H,(H,58,59). The SMILES string of the molecule is C1=C(c2ccc(-c3ccccc3)cc2)N=C(c2ccccc2)NC1c1ccc2c(c1)C(c1ccccc1)(c1ccccc1)c1c-2c(-c2ccccc2)cc2ccccc12. The van der Waals surface area contributed by atoms with Crippen molar-refractivity contribution in [3.05, 3.63) is 269 Å². The van der Waals surface area contributed by atoms with Crippen LogP contribution in [0.15, 0.2) is 236 Å². The molecule has 0 radical (unpaired) electrons. The number of hydrogen-bond donors (Lipinski definition) is 1. The second-order valence-electron chi connectivity index (χ2n) is 15.5. The van der Waals surface area contributed by atoms with Crippen LogP contribution in [0, 0.1) is 0 Å². The summed E-state index contributed by atoms with van der Waals surface area (Å²) in [4.78, 5) is 5.28. The Morgan fingerprint density at radius 2 is 0.949 bits per heavy atom. The van der Waals surface area contributed by atoms with Crippen molar-refractivity contribution in [1.29, 1.82) is 0 Å². The number of fused-ring (bicyclic) bond motifs is 5. The van der Waals surface area contributed by atoms with E-state index in [1.807, 2.05) is 0 Å². The van der Waals surface area contributed by atoms with Gasteiger partial charge in [0.25, 0.3) is 0 Å². The van der Waals surface area contributed by atoms with Gasteiger partial charge >= 0.3 is 0 Å². The molecule has 0 spiro atoms. The van der Waals surface area contributed by atoms with Crippen LogP contribution in [-0.4, -0.2) is 5.84 Å². The molecule has 278 valence electrons. The van der Waals surface area contributed by atoms with E-state index in [0.29, 0.717) is 0 Å². The smallest absolute Gasteiger partial charge is 0.134 e. The molecule has 9 aromatic rings. The maximum atomic E-state index is 5.28. The summed E-state index contributed by atoms with van der Waals surface area (Å²) < 4.78 is 0. The number of rotatable bonds is 7. The van der Waals surface area contributed by atoms with Gasteiger partial charge < -0.3 is 5.32 Å². The highest BCUT2D eigenvalue weighted by atomic mass is 15.0. The molecule has 2 aliphatic rings. The van der Waals surface area contributed by atoms with Crippen molar-refractivity contribution in [3.8, 4) is 33.4 Å². The number of nitrogens with zero attached hydrogens (tertiary/aromatic N) is 1. The van der Waals surface area contributed by atoms with Crippen LogP contribution in [0.25, 0.3) is 49.9 Å². The fourth-order valence-corrected chi connectivity index (χ4v) is 9.51. The van der Waals surface area contributed by atoms with Crippen molar-refractivity contribution < 1.29 is 0 Å². The van der Waals surface area contributed by atoms with Crippen LogP contribution in [0.5, 0.6) is 0 Å². The number of nitrogens with one attached hydrogen (secondary N) is 1. The molecule has 1 aliphatic carbocycles. The molecule has 0 fully saturated rings. The minimum Gasteiger partial charge on any atom is -0.359 e. The van der Waals surface area contributed by atoms with E-state index >= 15 is 0 Å². The van der Waals surface area contributed by atoms with E-state index in [1.165, 1.54) is 72.0 Å². The molecule has 0 saturated heterocycles. The second-order valence-corrected chi connectivity index (χ2v) is 15.5. The van der Waals surface area contributed by atoms with E-state index in [2.05, 4.69) is 236 Å². The molecular formula is C57H40N2. The first-order chi connectivity index (χ1) is 29.3. The van der Waals surface area contributed by atoms with Crippen LogP contribution >= 0.6 is 0 Å². The Morgan fingerprint density at radius 1 is 0.424 bits per heavy atom. The number of aliphatic imine (C=N–C) groups is 1. The van der Waals surface area contributed by atoms with Crippen molar-refractivity contribution >= 4 is 22.3 Å². The van der Waals surface area contributed by atoms with Gasteiger partial charge in [0.1, 0.15) is 5.84 Å². The van der Waals surface area contributed by atoms with E-state index < -0.39 is 5.41 Å². The van der Waals surface area contributed by atoms with Gasteiger partial charge in [-0.3, -0.25) is 0 Å². The van der Waals surface area contributed by atoms with Crippen LogP contribution in [0.1, 0.15) is 45.0 Å². The Balaban J connectivity index is 1.16. The van der Waals surface area contributed by atoms with Crippen LogP contribution in [0.2, 0.25) is 0 Å². The largest absolute Gasteiger partial charge is 0.359 e. The molecule has 0 bridgehead atoms. The summed E-state index contributed by atoms with van der Waals surface area (Å²) in [6.45, 7) is 0. The van der Waals surface area contributed by atoms with Gasteiger partial charge in [0, 0.05) is 5.56 Å². The first-order valence-electron chi connectivity index (χ1n) is 20.4. The molecule has 59 heavy (non-hydrogen) atoms. The van der Waals surface area contributed by atoms with Crippen LogP contribution in [0.3, 0.4) is 0 Å². The topological polar surface area (TPSA) is 24.4 Å². The van der Waals surface area contributed by atoms with Crippen molar-refractivity contribution in [2.75, 3.05) is 0 Å². The van der Waals surface area contributed by atoms with Gasteiger partial charge in [-0.25, -0.2) is 4.99 Å². The zero-order chi connectivity index (χ0) is 39.2. The molecule has 2 heteroatoms. The van der Waals surface area contributed by atoms with Gasteiger partial charge in [-0.15, -0.1) is 0 Å². The van der Waals surface area contributed by atoms with E-state index in [4.69, 9.17) is 4.99 Å². The average Bonchev–Trinajstić information content (AvgIpc) is 3.64. The Hall–Kier alpha value is -7.55. The minimum atomic E-state index is -0.599. The minimum absolute atomic E-state index is 0.143. The molecule has 0 saturated carbocycles. The molecule has 1 atom stereocenters. The fourth-order valence-electron chi connectivity index (χ4n) is 9.51. The van der Waals surface area contributed by atoms with Crippen LogP contribution < -0.4 is 5.32 Å². The highest BCUT2D eigenvalue weighted by Gasteiger charge is 2.48. The number of benzene rings is 9. The lowest BCUT2D eigenvalue weighted by molar-refractivity contribution is 0.754. The normalized spacial score (nSPS) is 15.1. The Labute approximate surface area is 345 Å². The van der Waals surface area contributed by atoms with Gasteiger partial charge in [-0.1, -0.05) is 218 Å². The lowest BCUT2D eigenvalue weighted by atomic mass is 9.66. The summed E-state index contributed by atoms with van der Waals surface area (Å²) in [5.41, 5.74) is 16.2. The molecule has 9 aromatic carbocycles. The highest BCUT2D eigenvalue weighted by Crippen LogP contribution is 2.60. The van der Waals surface area contributed by atoms with Gasteiger partial charge in [-0.05, 0) is 89.7 Å². The molecule has 1 aliphatic heterocycles. The molecule has 1 heterocycles. The molecular weight excluding hydrogens is 713 g/mol. The lowest BCUT2D eigenvalue weighted by Crippen LogP contribution is -2.32. The third-order valence-corrected chi connectivity index (χ3v) is 12.2. The fraction of sp³-hybridized carbons (Fsp3) is 0.0351. The van der Waals surface area contributed by atoms with Crippen molar-refractivity contribution in [1.82, 2.24) is 5.32 Å². The number of hydrogen-bond acceptors (Lipinski definition) is 2. The predicted octanol–water partition coefficient (Wildman–Crippen LogP) is 13.7. The summed E-state index contributed by atoms with van der Waals surface area (Å²) in [5.74, 6) is 0.860. The lowest BCUT2D eigenvalue weighted by Gasteiger charge is -2.35. The second kappa shape index (κ2) is 14.4. The summed E-state index contributed by atoms with van der Waals surface area (Å²) in [7, 11) is 0. The molecule has 2 nitrogen and oxygen atoms in total. The Morgan fingerprint density at radius 3 is 1.59 bits per heavy atom. The van der Waals surface area contributed by atoms with E-state index in [9.17, 15) is 0 Å². The first-order valence-corrected chi connectivity index (χ1v) is 20.4. The van der Waals surface area contributed by atoms with E-state index in [1.54, 1.807) is 0 Å². The maximum Gasteiger partial charge on any atom is 0.134 e. The Bertz CT molecular complexity index is 2980. The van der Waals surface area contributed by atoms with Crippen LogP contribution in [-0.2, 0) is 5.41 Å². The third kappa shape index (κ3) is 5.84. The van der Waals surface area contributed by atoms with Gasteiger partial charge in [0.15, 0.2) is 0 Å². The molecule has 11 rings (SSSR count). The van der Waals surface area contributed by atoms with Gasteiger partial charge in [-0.2, -0.15) is 0 Å². The summed E-state index contributed by atoms with van der Waals surface area (Å²) in [5, 5.41) is 6.38. The average molecular weight is 753 g/mol. The highest BCUT2D eigenvalue weighted by molar-refractivity contribution is 6.07. The number of amidine groups is 1. The maximum absolute atomic E-state index is 5.28. The van der Waals surface area contributed by atoms with Crippen molar-refractivity contribution in [3.63, 3.8) is 0 Å². The first kappa shape index (κ1) is 34.7.